The quantitative estimate of drug-likeness (QED) is 0.787. The second-order valence-electron chi connectivity index (χ2n) is 6.13. The molecule has 22 heavy (non-hydrogen) atoms. The maximum Gasteiger partial charge on any atom is 0.0618 e. The summed E-state index contributed by atoms with van der Waals surface area (Å²) in [5.74, 6) is 0.530. The molecule has 0 spiro atoms. The van der Waals surface area contributed by atoms with Crippen LogP contribution in [-0.2, 0) is 11.2 Å². The monoisotopic (exact) mass is 297 g/mol. The van der Waals surface area contributed by atoms with Crippen molar-refractivity contribution in [3.8, 4) is 0 Å². The molecule has 0 heterocycles. The summed E-state index contributed by atoms with van der Waals surface area (Å²) in [6.45, 7) is 5.21. The van der Waals surface area contributed by atoms with E-state index in [-0.39, 0.29) is 0 Å². The van der Waals surface area contributed by atoms with Gasteiger partial charge in [-0.05, 0) is 23.5 Å². The van der Waals surface area contributed by atoms with Gasteiger partial charge in [0.15, 0.2) is 0 Å². The SMILES string of the molecule is COC[C@@H](N[C@H](Cc1ccccc1)c1ccccc1)C(C)C. The van der Waals surface area contributed by atoms with Gasteiger partial charge >= 0.3 is 0 Å². The molecule has 0 amide bonds. The van der Waals surface area contributed by atoms with Crippen molar-refractivity contribution in [2.24, 2.45) is 5.92 Å². The summed E-state index contributed by atoms with van der Waals surface area (Å²) >= 11 is 0. The van der Waals surface area contributed by atoms with Gasteiger partial charge < -0.3 is 10.1 Å². The first-order valence-electron chi connectivity index (χ1n) is 8.04. The molecular weight excluding hydrogens is 270 g/mol. The molecular formula is C20H27NO. The van der Waals surface area contributed by atoms with Gasteiger partial charge in [-0.2, -0.15) is 0 Å². The Labute approximate surface area is 134 Å². The number of benzene rings is 2. The van der Waals surface area contributed by atoms with E-state index < -0.39 is 0 Å². The van der Waals surface area contributed by atoms with Crippen molar-refractivity contribution < 1.29 is 4.74 Å². The van der Waals surface area contributed by atoms with Gasteiger partial charge in [-0.15, -0.1) is 0 Å². The molecule has 1 N–H and O–H groups in total. The van der Waals surface area contributed by atoms with Crippen molar-refractivity contribution in [1.29, 1.82) is 0 Å². The molecule has 2 atom stereocenters. The van der Waals surface area contributed by atoms with E-state index in [0.29, 0.717) is 18.0 Å². The molecule has 0 saturated carbocycles. The van der Waals surface area contributed by atoms with Crippen LogP contribution >= 0.6 is 0 Å². The maximum atomic E-state index is 5.39. The number of ether oxygens (including phenoxy) is 1. The first kappa shape index (κ1) is 16.7. The zero-order valence-electron chi connectivity index (χ0n) is 13.8. The largest absolute Gasteiger partial charge is 0.383 e. The number of hydrogen-bond acceptors (Lipinski definition) is 2. The highest BCUT2D eigenvalue weighted by Gasteiger charge is 2.19. The highest BCUT2D eigenvalue weighted by atomic mass is 16.5. The van der Waals surface area contributed by atoms with Crippen molar-refractivity contribution >= 4 is 0 Å². The average Bonchev–Trinajstić information content (AvgIpc) is 2.55. The molecule has 2 rings (SSSR count). The Morgan fingerprint density at radius 2 is 1.50 bits per heavy atom. The molecule has 0 bridgehead atoms. The average molecular weight is 297 g/mol. The lowest BCUT2D eigenvalue weighted by atomic mass is 9.96. The lowest BCUT2D eigenvalue weighted by molar-refractivity contribution is 0.140. The Morgan fingerprint density at radius 1 is 0.909 bits per heavy atom. The molecule has 118 valence electrons. The summed E-state index contributed by atoms with van der Waals surface area (Å²) in [7, 11) is 1.77. The number of methoxy groups -OCH3 is 1. The van der Waals surface area contributed by atoms with Crippen LogP contribution in [0.25, 0.3) is 0 Å². The van der Waals surface area contributed by atoms with Gasteiger partial charge in [0, 0.05) is 19.2 Å². The van der Waals surface area contributed by atoms with Gasteiger partial charge in [0.1, 0.15) is 0 Å². The fraction of sp³-hybridized carbons (Fsp3) is 0.400. The zero-order chi connectivity index (χ0) is 15.8. The number of rotatable bonds is 8. The van der Waals surface area contributed by atoms with E-state index in [0.717, 1.165) is 13.0 Å². The standard InChI is InChI=1S/C20H27NO/c1-16(2)20(15-22-3)21-19(18-12-8-5-9-13-18)14-17-10-6-4-7-11-17/h4-13,16,19-21H,14-15H2,1-3H3/t19-,20-/m1/s1. The minimum Gasteiger partial charge on any atom is -0.383 e. The third kappa shape index (κ3) is 4.97. The van der Waals surface area contributed by atoms with Crippen molar-refractivity contribution in [2.75, 3.05) is 13.7 Å². The highest BCUT2D eigenvalue weighted by Crippen LogP contribution is 2.20. The molecule has 0 unspecified atom stereocenters. The van der Waals surface area contributed by atoms with E-state index in [9.17, 15) is 0 Å². The normalized spacial score (nSPS) is 14.0. The van der Waals surface area contributed by atoms with E-state index in [1.807, 2.05) is 0 Å². The molecule has 0 aromatic heterocycles. The Balaban J connectivity index is 2.18. The van der Waals surface area contributed by atoms with E-state index in [1.165, 1.54) is 11.1 Å². The van der Waals surface area contributed by atoms with Crippen LogP contribution in [-0.4, -0.2) is 19.8 Å². The molecule has 0 aliphatic rings. The van der Waals surface area contributed by atoms with Gasteiger partial charge in [0.25, 0.3) is 0 Å². The van der Waals surface area contributed by atoms with Crippen molar-refractivity contribution in [3.63, 3.8) is 0 Å². The summed E-state index contributed by atoms with van der Waals surface area (Å²) in [6, 6.07) is 22.0. The molecule has 0 saturated heterocycles. The minimum atomic E-state index is 0.297. The van der Waals surface area contributed by atoms with Gasteiger partial charge in [-0.3, -0.25) is 0 Å². The van der Waals surface area contributed by atoms with Crippen molar-refractivity contribution in [3.05, 3.63) is 71.8 Å². The summed E-state index contributed by atoms with van der Waals surface area (Å²) in [6.07, 6.45) is 0.984. The van der Waals surface area contributed by atoms with E-state index in [4.69, 9.17) is 4.74 Å². The molecule has 0 aliphatic carbocycles. The first-order valence-corrected chi connectivity index (χ1v) is 8.04. The fourth-order valence-electron chi connectivity index (χ4n) is 2.68. The van der Waals surface area contributed by atoms with Crippen LogP contribution in [0.4, 0.5) is 0 Å². The van der Waals surface area contributed by atoms with Crippen LogP contribution in [0.5, 0.6) is 0 Å². The molecule has 2 aromatic rings. The second kappa shape index (κ2) is 8.72. The van der Waals surface area contributed by atoms with Gasteiger partial charge in [0.05, 0.1) is 6.61 Å². The molecule has 2 nitrogen and oxygen atoms in total. The molecule has 2 heteroatoms. The smallest absolute Gasteiger partial charge is 0.0618 e. The van der Waals surface area contributed by atoms with Crippen LogP contribution in [0.1, 0.15) is 31.0 Å². The van der Waals surface area contributed by atoms with Crippen LogP contribution in [0.3, 0.4) is 0 Å². The van der Waals surface area contributed by atoms with Gasteiger partial charge in [-0.1, -0.05) is 74.5 Å². The highest BCUT2D eigenvalue weighted by molar-refractivity contribution is 5.24. The van der Waals surface area contributed by atoms with E-state index in [2.05, 4.69) is 79.8 Å². The van der Waals surface area contributed by atoms with Crippen molar-refractivity contribution in [2.45, 2.75) is 32.4 Å². The topological polar surface area (TPSA) is 21.3 Å². The molecule has 0 radical (unpaired) electrons. The summed E-state index contributed by atoms with van der Waals surface area (Å²) in [4.78, 5) is 0. The Morgan fingerprint density at radius 3 is 2.05 bits per heavy atom. The lowest BCUT2D eigenvalue weighted by Crippen LogP contribution is -2.40. The van der Waals surface area contributed by atoms with Crippen LogP contribution in [0.2, 0.25) is 0 Å². The number of nitrogens with one attached hydrogen (secondary N) is 1. The molecule has 2 aromatic carbocycles. The molecule has 0 fully saturated rings. The third-order valence-corrected chi connectivity index (χ3v) is 4.05. The minimum absolute atomic E-state index is 0.297. The van der Waals surface area contributed by atoms with Gasteiger partial charge in [-0.25, -0.2) is 0 Å². The predicted octanol–water partition coefficient (Wildman–Crippen LogP) is 4.23. The van der Waals surface area contributed by atoms with Gasteiger partial charge in [0.2, 0.25) is 0 Å². The maximum absolute atomic E-state index is 5.39. The zero-order valence-corrected chi connectivity index (χ0v) is 13.8. The van der Waals surface area contributed by atoms with Crippen LogP contribution < -0.4 is 5.32 Å². The number of hydrogen-bond donors (Lipinski definition) is 1. The summed E-state index contributed by atoms with van der Waals surface area (Å²) in [5, 5.41) is 3.79. The Kier molecular flexibility index (Phi) is 6.63. The first-order chi connectivity index (χ1) is 10.7. The third-order valence-electron chi connectivity index (χ3n) is 4.05. The second-order valence-corrected chi connectivity index (χ2v) is 6.13. The summed E-state index contributed by atoms with van der Waals surface area (Å²) in [5.41, 5.74) is 2.68. The molecule has 0 aliphatic heterocycles. The Hall–Kier alpha value is -1.64. The fourth-order valence-corrected chi connectivity index (χ4v) is 2.68. The van der Waals surface area contributed by atoms with E-state index >= 15 is 0 Å². The van der Waals surface area contributed by atoms with Crippen LogP contribution in [0, 0.1) is 5.92 Å². The summed E-state index contributed by atoms with van der Waals surface area (Å²) < 4.78 is 5.39. The Bertz CT molecular complexity index is 524. The van der Waals surface area contributed by atoms with Crippen molar-refractivity contribution in [1.82, 2.24) is 5.32 Å². The predicted molar refractivity (Wildman–Crippen MR) is 93.0 cm³/mol. The van der Waals surface area contributed by atoms with Crippen LogP contribution in [0.15, 0.2) is 60.7 Å². The lowest BCUT2D eigenvalue weighted by Gasteiger charge is -2.28. The van der Waals surface area contributed by atoms with E-state index in [1.54, 1.807) is 7.11 Å².